The summed E-state index contributed by atoms with van der Waals surface area (Å²) in [7, 11) is -2.58. The number of nitrogens with two attached hydrogens (primary N) is 1. The number of aromatic nitrogens is 2. The van der Waals surface area contributed by atoms with E-state index in [-0.39, 0.29) is 38.6 Å². The van der Waals surface area contributed by atoms with E-state index in [0.717, 1.165) is 0 Å². The first-order chi connectivity index (χ1) is 14.0. The van der Waals surface area contributed by atoms with Crippen LogP contribution >= 0.6 is 30.3 Å². The average molecular weight is 470 g/mol. The Labute approximate surface area is 183 Å². The van der Waals surface area contributed by atoms with E-state index in [2.05, 4.69) is 9.97 Å². The van der Waals surface area contributed by atoms with Crippen molar-refractivity contribution in [3.8, 4) is 22.8 Å². The molecule has 0 saturated carbocycles. The summed E-state index contributed by atoms with van der Waals surface area (Å²) in [5.74, 6) is -0.516. The fourth-order valence-electron chi connectivity index (χ4n) is 2.80. The molecule has 0 fully saturated rings. The fraction of sp³-hybridized carbons (Fsp3) is 0.200. The second-order valence-electron chi connectivity index (χ2n) is 7.04. The number of nitrogens with zero attached hydrogens (tertiary/aromatic N) is 2. The largest absolute Gasteiger partial charge is 0.506 e. The Hall–Kier alpha value is -2.34. The second kappa shape index (κ2) is 8.42. The molecule has 0 aliphatic heterocycles. The highest BCUT2D eigenvalue weighted by molar-refractivity contribution is 7.70. The Morgan fingerprint density at radius 3 is 2.53 bits per heavy atom. The predicted octanol–water partition coefficient (Wildman–Crippen LogP) is 5.27. The molecule has 10 heteroatoms. The zero-order chi connectivity index (χ0) is 22.2. The molecule has 0 amide bonds. The quantitative estimate of drug-likeness (QED) is 0.390. The Morgan fingerprint density at radius 1 is 1.20 bits per heavy atom. The minimum atomic E-state index is -2.58. The molecule has 0 bridgehead atoms. The van der Waals surface area contributed by atoms with Gasteiger partial charge >= 0.3 is 0 Å². The van der Waals surface area contributed by atoms with Gasteiger partial charge in [0.2, 0.25) is 0 Å². The molecule has 6 nitrogen and oxygen atoms in total. The van der Waals surface area contributed by atoms with Crippen molar-refractivity contribution in [1.29, 1.82) is 0 Å². The third-order valence-electron chi connectivity index (χ3n) is 4.42. The Kier molecular flexibility index (Phi) is 6.27. The normalized spacial score (nSPS) is 12.6. The number of pyridine rings is 2. The second-order valence-corrected chi connectivity index (χ2v) is 11.0. The lowest BCUT2D eigenvalue weighted by Crippen LogP contribution is -2.08. The van der Waals surface area contributed by atoms with Gasteiger partial charge < -0.3 is 20.1 Å². The number of ether oxygens (including phenoxy) is 1. The van der Waals surface area contributed by atoms with Gasteiger partial charge in [0, 0.05) is 33.8 Å². The maximum Gasteiger partial charge on any atom is 0.166 e. The summed E-state index contributed by atoms with van der Waals surface area (Å²) in [6.07, 6.45) is 2.13. The van der Waals surface area contributed by atoms with Crippen molar-refractivity contribution < 1.29 is 18.8 Å². The highest BCUT2D eigenvalue weighted by Crippen LogP contribution is 2.39. The van der Waals surface area contributed by atoms with E-state index in [9.17, 15) is 14.1 Å². The molecule has 158 valence electrons. The minimum absolute atomic E-state index is 0.0805. The first-order valence-electron chi connectivity index (χ1n) is 8.79. The van der Waals surface area contributed by atoms with Crippen molar-refractivity contribution in [2.24, 2.45) is 0 Å². The number of hydrogen-bond acceptors (Lipinski definition) is 6. The van der Waals surface area contributed by atoms with E-state index < -0.39 is 19.1 Å². The zero-order valence-electron chi connectivity index (χ0n) is 16.4. The number of anilines is 1. The van der Waals surface area contributed by atoms with Crippen LogP contribution in [0.1, 0.15) is 18.6 Å². The maximum absolute atomic E-state index is 13.8. The molecule has 0 aliphatic carbocycles. The molecule has 0 spiro atoms. The van der Waals surface area contributed by atoms with Crippen LogP contribution in [0, 0.1) is 5.82 Å². The monoisotopic (exact) mass is 469 g/mol. The molecule has 0 saturated heterocycles. The van der Waals surface area contributed by atoms with Crippen LogP contribution in [0.3, 0.4) is 0 Å². The Morgan fingerprint density at radius 2 is 1.90 bits per heavy atom. The number of benzene rings is 1. The molecule has 3 rings (SSSR count). The molecule has 30 heavy (non-hydrogen) atoms. The van der Waals surface area contributed by atoms with E-state index in [1.54, 1.807) is 26.3 Å². The highest BCUT2D eigenvalue weighted by atomic mass is 35.5. The predicted molar refractivity (Wildman–Crippen MR) is 118 cm³/mol. The number of hydrogen-bond donors (Lipinski definition) is 2. The van der Waals surface area contributed by atoms with Crippen LogP contribution in [0.15, 0.2) is 36.7 Å². The summed E-state index contributed by atoms with van der Waals surface area (Å²) in [5.41, 5.74) is 6.84. The highest BCUT2D eigenvalue weighted by Gasteiger charge is 2.21. The van der Waals surface area contributed by atoms with Crippen LogP contribution in [0.2, 0.25) is 10.0 Å². The van der Waals surface area contributed by atoms with Crippen molar-refractivity contribution in [2.45, 2.75) is 13.0 Å². The van der Waals surface area contributed by atoms with Crippen molar-refractivity contribution in [1.82, 2.24) is 9.97 Å². The van der Waals surface area contributed by atoms with Crippen molar-refractivity contribution in [2.75, 3.05) is 19.1 Å². The van der Waals surface area contributed by atoms with Gasteiger partial charge in [-0.1, -0.05) is 23.2 Å². The summed E-state index contributed by atoms with van der Waals surface area (Å²) in [4.78, 5) is 8.30. The van der Waals surface area contributed by atoms with E-state index >= 15 is 0 Å². The molecule has 0 radical (unpaired) electrons. The number of nitrogen functional groups attached to an aromatic ring is 1. The van der Waals surface area contributed by atoms with Crippen molar-refractivity contribution in [3.63, 3.8) is 0 Å². The number of halogens is 3. The molecular weight excluding hydrogens is 451 g/mol. The molecule has 0 aliphatic rings. The summed E-state index contributed by atoms with van der Waals surface area (Å²) in [5, 5.41) is 10.9. The fourth-order valence-corrected chi connectivity index (χ4v) is 4.25. The van der Waals surface area contributed by atoms with Gasteiger partial charge in [-0.3, -0.25) is 4.98 Å². The summed E-state index contributed by atoms with van der Waals surface area (Å²) < 4.78 is 31.9. The first-order valence-corrected chi connectivity index (χ1v) is 12.1. The molecular formula is C20H19Cl2FN3O3P. The third kappa shape index (κ3) is 4.53. The van der Waals surface area contributed by atoms with E-state index in [1.165, 1.54) is 30.6 Å². The van der Waals surface area contributed by atoms with Crippen molar-refractivity contribution in [3.05, 3.63) is 58.1 Å². The van der Waals surface area contributed by atoms with Gasteiger partial charge in [-0.05, 0) is 44.5 Å². The van der Waals surface area contributed by atoms with Crippen LogP contribution in [0.4, 0.5) is 10.2 Å². The number of rotatable bonds is 5. The lowest BCUT2D eigenvalue weighted by Gasteiger charge is -2.19. The van der Waals surface area contributed by atoms with Gasteiger partial charge in [-0.2, -0.15) is 0 Å². The van der Waals surface area contributed by atoms with E-state index in [1.807, 2.05) is 0 Å². The summed E-state index contributed by atoms with van der Waals surface area (Å²) in [6, 6.07) is 5.51. The third-order valence-corrected chi connectivity index (χ3v) is 6.62. The van der Waals surface area contributed by atoms with Gasteiger partial charge in [0.15, 0.2) is 11.6 Å². The molecule has 3 N–H and O–H groups in total. The molecule has 3 aromatic rings. The minimum Gasteiger partial charge on any atom is -0.506 e. The smallest absolute Gasteiger partial charge is 0.166 e. The van der Waals surface area contributed by atoms with E-state index in [4.69, 9.17) is 33.7 Å². The van der Waals surface area contributed by atoms with Gasteiger partial charge in [-0.15, -0.1) is 0 Å². The molecule has 1 aromatic carbocycles. The summed E-state index contributed by atoms with van der Waals surface area (Å²) >= 11 is 12.2. The lowest BCUT2D eigenvalue weighted by atomic mass is 10.1. The molecule has 1 unspecified atom stereocenters. The topological polar surface area (TPSA) is 98.3 Å². The van der Waals surface area contributed by atoms with Crippen LogP contribution in [0.25, 0.3) is 11.3 Å². The molecule has 2 aromatic heterocycles. The van der Waals surface area contributed by atoms with Gasteiger partial charge in [0.05, 0.1) is 5.02 Å². The van der Waals surface area contributed by atoms with Crippen LogP contribution < -0.4 is 15.8 Å². The Bertz CT molecular complexity index is 1170. The summed E-state index contributed by atoms with van der Waals surface area (Å²) in [6.45, 7) is 4.82. The van der Waals surface area contributed by atoms with Crippen LogP contribution in [-0.4, -0.2) is 28.4 Å². The van der Waals surface area contributed by atoms with E-state index in [0.29, 0.717) is 10.9 Å². The van der Waals surface area contributed by atoms with Crippen LogP contribution in [0.5, 0.6) is 11.5 Å². The van der Waals surface area contributed by atoms with Gasteiger partial charge in [0.1, 0.15) is 30.5 Å². The van der Waals surface area contributed by atoms with Gasteiger partial charge in [-0.25, -0.2) is 9.37 Å². The Balaban J connectivity index is 1.97. The first kappa shape index (κ1) is 22.3. The zero-order valence-corrected chi connectivity index (χ0v) is 18.8. The SMILES string of the molecule is CC(Oc1cc(-c2ncc(P(C)(C)=O)cc2O)cnc1N)c1c(Cl)ccc(F)c1Cl. The van der Waals surface area contributed by atoms with Gasteiger partial charge in [0.25, 0.3) is 0 Å². The lowest BCUT2D eigenvalue weighted by molar-refractivity contribution is 0.227. The molecule has 1 atom stereocenters. The maximum atomic E-state index is 13.8. The average Bonchev–Trinajstić information content (AvgIpc) is 2.66. The van der Waals surface area contributed by atoms with Crippen molar-refractivity contribution >= 4 is 41.5 Å². The molecule has 2 heterocycles. The standard InChI is InChI=1S/C20H19Cl2FN3O3P/c1-10(17-13(21)4-5-14(23)18(17)22)29-16-6-11(8-26-20(16)24)19-15(27)7-12(9-25-19)30(2,3)28/h4-10,27H,1-3H3,(H2,24,26). The van der Waals surface area contributed by atoms with Crippen LogP contribution in [-0.2, 0) is 4.57 Å². The number of aromatic hydroxyl groups is 1.